The van der Waals surface area contributed by atoms with Gasteiger partial charge in [0.05, 0.1) is 10.7 Å². The Labute approximate surface area is 218 Å². The van der Waals surface area contributed by atoms with Crippen molar-refractivity contribution in [2.75, 3.05) is 5.32 Å². The monoisotopic (exact) mass is 522 g/mol. The number of aromatic nitrogens is 1. The molecule has 0 saturated carbocycles. The van der Waals surface area contributed by atoms with E-state index in [1.54, 1.807) is 37.3 Å². The maximum Gasteiger partial charge on any atom is 0.356 e. The number of hydrogen-bond acceptors (Lipinski definition) is 4. The molecule has 36 heavy (non-hydrogen) atoms. The third kappa shape index (κ3) is 5.01. The van der Waals surface area contributed by atoms with Crippen LogP contribution < -0.4 is 10.9 Å². The van der Waals surface area contributed by atoms with Crippen LogP contribution in [-0.4, -0.2) is 22.5 Å². The summed E-state index contributed by atoms with van der Waals surface area (Å²) in [4.78, 5) is 39.6. The van der Waals surface area contributed by atoms with E-state index in [1.165, 1.54) is 17.7 Å². The second kappa shape index (κ2) is 10.6. The van der Waals surface area contributed by atoms with Crippen LogP contribution in [0.4, 0.5) is 5.69 Å². The molecule has 1 amide bonds. The number of ether oxygens (including phenoxy) is 1. The zero-order valence-corrected chi connectivity index (χ0v) is 21.5. The van der Waals surface area contributed by atoms with Gasteiger partial charge in [-0.15, -0.1) is 0 Å². The van der Waals surface area contributed by atoms with Crippen molar-refractivity contribution in [3.8, 4) is 11.1 Å². The van der Waals surface area contributed by atoms with Gasteiger partial charge in [0.1, 0.15) is 5.69 Å². The summed E-state index contributed by atoms with van der Waals surface area (Å²) in [6, 6.07) is 19.4. The molecule has 0 fully saturated rings. The number of carbonyl (C=O) groups is 2. The number of anilines is 1. The first kappa shape index (κ1) is 25.5. The number of halogens is 2. The number of esters is 1. The minimum absolute atomic E-state index is 0.0679. The van der Waals surface area contributed by atoms with E-state index < -0.39 is 18.0 Å². The molecule has 0 radical (unpaired) electrons. The van der Waals surface area contributed by atoms with Gasteiger partial charge in [-0.1, -0.05) is 78.2 Å². The summed E-state index contributed by atoms with van der Waals surface area (Å²) < 4.78 is 6.95. The molecule has 1 heterocycles. The number of nitrogens with one attached hydrogen (secondary N) is 1. The maximum atomic E-state index is 13.6. The lowest BCUT2D eigenvalue weighted by atomic mass is 9.96. The Morgan fingerprint density at radius 1 is 1.00 bits per heavy atom. The van der Waals surface area contributed by atoms with Gasteiger partial charge >= 0.3 is 5.97 Å². The van der Waals surface area contributed by atoms with E-state index in [2.05, 4.69) is 5.32 Å². The molecular formula is C28H24Cl2N2O4. The normalized spacial score (nSPS) is 11.8. The van der Waals surface area contributed by atoms with Gasteiger partial charge in [0.15, 0.2) is 6.10 Å². The summed E-state index contributed by atoms with van der Waals surface area (Å²) in [6.07, 6.45) is -0.902. The van der Waals surface area contributed by atoms with Crippen molar-refractivity contribution >= 4 is 51.5 Å². The Morgan fingerprint density at radius 2 is 1.67 bits per heavy atom. The van der Waals surface area contributed by atoms with Crippen LogP contribution in [-0.2, 0) is 16.6 Å². The van der Waals surface area contributed by atoms with Crippen molar-refractivity contribution in [3.63, 3.8) is 0 Å². The fourth-order valence-electron chi connectivity index (χ4n) is 4.03. The summed E-state index contributed by atoms with van der Waals surface area (Å²) in [5, 5.41) is 4.47. The summed E-state index contributed by atoms with van der Waals surface area (Å²) in [5.41, 5.74) is 2.45. The molecule has 0 aliphatic heterocycles. The molecule has 1 atom stereocenters. The van der Waals surface area contributed by atoms with Crippen molar-refractivity contribution < 1.29 is 14.3 Å². The van der Waals surface area contributed by atoms with Gasteiger partial charge in [-0.2, -0.15) is 0 Å². The van der Waals surface area contributed by atoms with Gasteiger partial charge in [-0.25, -0.2) is 4.79 Å². The predicted octanol–water partition coefficient (Wildman–Crippen LogP) is 6.39. The zero-order chi connectivity index (χ0) is 26.0. The fourth-order valence-corrected chi connectivity index (χ4v) is 4.48. The SMILES string of the molecule is CCC(OC(=O)c1c(-c2ccc(C)cc2)c2ccccc2c(=O)n1C)C(=O)Nc1ccc(Cl)cc1Cl. The number of pyridine rings is 1. The number of hydrogen-bond donors (Lipinski definition) is 1. The summed E-state index contributed by atoms with van der Waals surface area (Å²) in [7, 11) is 1.53. The number of amides is 1. The third-order valence-corrected chi connectivity index (χ3v) is 6.49. The largest absolute Gasteiger partial charge is 0.448 e. The molecule has 0 saturated heterocycles. The first-order valence-electron chi connectivity index (χ1n) is 11.4. The minimum atomic E-state index is -1.11. The van der Waals surface area contributed by atoms with E-state index >= 15 is 0 Å². The second-order valence-electron chi connectivity index (χ2n) is 8.42. The number of fused-ring (bicyclic) bond motifs is 1. The van der Waals surface area contributed by atoms with E-state index in [9.17, 15) is 14.4 Å². The Kier molecular flexibility index (Phi) is 7.48. The lowest BCUT2D eigenvalue weighted by Gasteiger charge is -2.20. The Balaban J connectivity index is 1.75. The van der Waals surface area contributed by atoms with E-state index in [0.29, 0.717) is 27.0 Å². The summed E-state index contributed by atoms with van der Waals surface area (Å²) >= 11 is 12.1. The highest BCUT2D eigenvalue weighted by Gasteiger charge is 2.28. The molecule has 1 aromatic heterocycles. The van der Waals surface area contributed by atoms with E-state index in [0.717, 1.165) is 11.1 Å². The molecule has 4 rings (SSSR count). The fraction of sp³-hybridized carbons (Fsp3) is 0.179. The molecular weight excluding hydrogens is 499 g/mol. The molecule has 8 heteroatoms. The highest BCUT2D eigenvalue weighted by Crippen LogP contribution is 2.32. The number of aryl methyl sites for hydroxylation is 1. The molecule has 1 unspecified atom stereocenters. The van der Waals surface area contributed by atoms with Crippen LogP contribution in [0.2, 0.25) is 10.0 Å². The van der Waals surface area contributed by atoms with Gasteiger partial charge in [0.2, 0.25) is 0 Å². The molecule has 0 aliphatic rings. The number of nitrogens with zero attached hydrogens (tertiary/aromatic N) is 1. The highest BCUT2D eigenvalue weighted by molar-refractivity contribution is 6.36. The Hall–Kier alpha value is -3.61. The molecule has 3 aromatic carbocycles. The maximum absolute atomic E-state index is 13.6. The van der Waals surface area contributed by atoms with Crippen LogP contribution in [0.5, 0.6) is 0 Å². The predicted molar refractivity (Wildman–Crippen MR) is 144 cm³/mol. The van der Waals surface area contributed by atoms with Crippen LogP contribution in [0.15, 0.2) is 71.5 Å². The highest BCUT2D eigenvalue weighted by atomic mass is 35.5. The second-order valence-corrected chi connectivity index (χ2v) is 9.26. The molecule has 1 N–H and O–H groups in total. The Morgan fingerprint density at radius 3 is 2.31 bits per heavy atom. The quantitative estimate of drug-likeness (QED) is 0.297. The van der Waals surface area contributed by atoms with E-state index in [4.69, 9.17) is 27.9 Å². The first-order valence-corrected chi connectivity index (χ1v) is 12.1. The van der Waals surface area contributed by atoms with Crippen LogP contribution in [0.25, 0.3) is 21.9 Å². The van der Waals surface area contributed by atoms with Crippen LogP contribution in [0, 0.1) is 6.92 Å². The minimum Gasteiger partial charge on any atom is -0.448 e. The van der Waals surface area contributed by atoms with Crippen molar-refractivity contribution in [2.24, 2.45) is 7.05 Å². The van der Waals surface area contributed by atoms with Crippen LogP contribution in [0.1, 0.15) is 29.4 Å². The molecule has 4 aromatic rings. The summed E-state index contributed by atoms with van der Waals surface area (Å²) in [5.74, 6) is -1.32. The van der Waals surface area contributed by atoms with Gasteiger partial charge in [0, 0.05) is 23.0 Å². The number of carbonyl (C=O) groups excluding carboxylic acids is 2. The average Bonchev–Trinajstić information content (AvgIpc) is 2.86. The third-order valence-electron chi connectivity index (χ3n) is 5.94. The number of rotatable bonds is 6. The van der Waals surface area contributed by atoms with Crippen molar-refractivity contribution in [2.45, 2.75) is 26.4 Å². The van der Waals surface area contributed by atoms with Crippen LogP contribution in [0.3, 0.4) is 0 Å². The van der Waals surface area contributed by atoms with E-state index in [1.807, 2.05) is 37.3 Å². The van der Waals surface area contributed by atoms with Gasteiger partial charge < -0.3 is 14.6 Å². The first-order chi connectivity index (χ1) is 17.2. The number of benzene rings is 3. The van der Waals surface area contributed by atoms with Gasteiger partial charge in [-0.05, 0) is 48.6 Å². The molecule has 6 nitrogen and oxygen atoms in total. The summed E-state index contributed by atoms with van der Waals surface area (Å²) in [6.45, 7) is 3.69. The topological polar surface area (TPSA) is 77.4 Å². The standard InChI is InChI=1S/C28H24Cl2N2O4/c1-4-23(26(33)31-22-14-13-18(29)15-21(22)30)36-28(35)25-24(17-11-9-16(2)10-12-17)19-7-5-6-8-20(19)27(34)32(25)3/h5-15,23H,4H2,1-3H3,(H,31,33). The lowest BCUT2D eigenvalue weighted by Crippen LogP contribution is -2.34. The average molecular weight is 523 g/mol. The van der Waals surface area contributed by atoms with E-state index in [-0.39, 0.29) is 22.7 Å². The van der Waals surface area contributed by atoms with Crippen LogP contribution >= 0.6 is 23.2 Å². The molecule has 184 valence electrons. The van der Waals surface area contributed by atoms with Gasteiger partial charge in [-0.3, -0.25) is 9.59 Å². The molecule has 0 aliphatic carbocycles. The van der Waals surface area contributed by atoms with Gasteiger partial charge in [0.25, 0.3) is 11.5 Å². The smallest absolute Gasteiger partial charge is 0.356 e. The zero-order valence-electron chi connectivity index (χ0n) is 20.0. The molecule has 0 bridgehead atoms. The lowest BCUT2D eigenvalue weighted by molar-refractivity contribution is -0.124. The molecule has 0 spiro atoms. The van der Waals surface area contributed by atoms with Crippen molar-refractivity contribution in [1.29, 1.82) is 0 Å². The van der Waals surface area contributed by atoms with Crippen molar-refractivity contribution in [1.82, 2.24) is 4.57 Å². The Bertz CT molecular complexity index is 1530. The van der Waals surface area contributed by atoms with Crippen molar-refractivity contribution in [3.05, 3.63) is 98.4 Å².